The molecule has 1 aromatic carbocycles. The molecule has 2 amide bonds. The molecular formula is C19H31N3O2. The summed E-state index contributed by atoms with van der Waals surface area (Å²) in [4.78, 5) is 16.4. The highest BCUT2D eigenvalue weighted by Gasteiger charge is 2.25. The fourth-order valence-electron chi connectivity index (χ4n) is 3.29. The number of amides is 2. The molecule has 0 radical (unpaired) electrons. The zero-order valence-electron chi connectivity index (χ0n) is 14.9. The molecule has 1 unspecified atom stereocenters. The SMILES string of the molecule is CCN(CCO)C(=O)NCC(c1ccccc1)N1CCC(C)CC1. The van der Waals surface area contributed by atoms with Gasteiger partial charge in [-0.1, -0.05) is 37.3 Å². The maximum absolute atomic E-state index is 12.3. The lowest BCUT2D eigenvalue weighted by molar-refractivity contribution is 0.132. The fourth-order valence-corrected chi connectivity index (χ4v) is 3.29. The lowest BCUT2D eigenvalue weighted by Gasteiger charge is -2.37. The van der Waals surface area contributed by atoms with Gasteiger partial charge < -0.3 is 15.3 Å². The van der Waals surface area contributed by atoms with Crippen molar-refractivity contribution in [3.05, 3.63) is 35.9 Å². The van der Waals surface area contributed by atoms with Gasteiger partial charge in [0, 0.05) is 19.6 Å². The number of benzene rings is 1. The Morgan fingerprint density at radius 1 is 1.33 bits per heavy atom. The highest BCUT2D eigenvalue weighted by atomic mass is 16.3. The second-order valence-electron chi connectivity index (χ2n) is 6.63. The monoisotopic (exact) mass is 333 g/mol. The summed E-state index contributed by atoms with van der Waals surface area (Å²) in [6.45, 7) is 7.95. The molecule has 0 aromatic heterocycles. The summed E-state index contributed by atoms with van der Waals surface area (Å²) < 4.78 is 0. The van der Waals surface area contributed by atoms with Crippen molar-refractivity contribution in [2.75, 3.05) is 39.3 Å². The van der Waals surface area contributed by atoms with Gasteiger partial charge in [-0.15, -0.1) is 0 Å². The molecule has 1 aliphatic heterocycles. The molecule has 0 spiro atoms. The summed E-state index contributed by atoms with van der Waals surface area (Å²) in [5, 5.41) is 12.1. The first-order chi connectivity index (χ1) is 11.7. The third-order valence-electron chi connectivity index (χ3n) is 4.93. The number of urea groups is 1. The minimum atomic E-state index is -0.0992. The smallest absolute Gasteiger partial charge is 0.317 e. The molecule has 2 N–H and O–H groups in total. The minimum Gasteiger partial charge on any atom is -0.395 e. The van der Waals surface area contributed by atoms with E-state index in [1.807, 2.05) is 13.0 Å². The summed E-state index contributed by atoms with van der Waals surface area (Å²) >= 11 is 0. The molecule has 0 bridgehead atoms. The molecule has 134 valence electrons. The lowest BCUT2D eigenvalue weighted by atomic mass is 9.95. The fraction of sp³-hybridized carbons (Fsp3) is 0.632. The molecule has 0 aliphatic carbocycles. The normalized spacial score (nSPS) is 17.5. The van der Waals surface area contributed by atoms with Crippen LogP contribution in [0, 0.1) is 5.92 Å². The van der Waals surface area contributed by atoms with E-state index < -0.39 is 0 Å². The van der Waals surface area contributed by atoms with E-state index >= 15 is 0 Å². The van der Waals surface area contributed by atoms with Gasteiger partial charge in [0.05, 0.1) is 12.6 Å². The van der Waals surface area contributed by atoms with Crippen LogP contribution in [0.15, 0.2) is 30.3 Å². The molecule has 24 heavy (non-hydrogen) atoms. The van der Waals surface area contributed by atoms with Gasteiger partial charge in [0.15, 0.2) is 0 Å². The van der Waals surface area contributed by atoms with E-state index in [1.165, 1.54) is 18.4 Å². The number of rotatable bonds is 7. The van der Waals surface area contributed by atoms with Gasteiger partial charge in [0.1, 0.15) is 0 Å². The Kier molecular flexibility index (Phi) is 7.53. The Balaban J connectivity index is 2.02. The first kappa shape index (κ1) is 18.7. The van der Waals surface area contributed by atoms with Crippen molar-refractivity contribution < 1.29 is 9.90 Å². The number of carbonyl (C=O) groups is 1. The minimum absolute atomic E-state index is 0.00656. The number of carbonyl (C=O) groups excluding carboxylic acids is 1. The summed E-state index contributed by atoms with van der Waals surface area (Å²) in [5.41, 5.74) is 1.25. The van der Waals surface area contributed by atoms with E-state index in [4.69, 9.17) is 5.11 Å². The molecular weight excluding hydrogens is 302 g/mol. The lowest BCUT2D eigenvalue weighted by Crippen LogP contribution is -2.46. The third kappa shape index (κ3) is 5.21. The van der Waals surface area contributed by atoms with Crippen molar-refractivity contribution in [2.24, 2.45) is 5.92 Å². The molecule has 1 aliphatic rings. The largest absolute Gasteiger partial charge is 0.395 e. The van der Waals surface area contributed by atoms with Crippen molar-refractivity contribution in [1.29, 1.82) is 0 Å². The molecule has 1 aromatic rings. The highest BCUT2D eigenvalue weighted by molar-refractivity contribution is 5.74. The molecule has 1 atom stereocenters. The van der Waals surface area contributed by atoms with Crippen LogP contribution in [-0.4, -0.2) is 60.3 Å². The van der Waals surface area contributed by atoms with E-state index in [-0.39, 0.29) is 18.7 Å². The second kappa shape index (κ2) is 9.64. The van der Waals surface area contributed by atoms with Crippen molar-refractivity contribution >= 4 is 6.03 Å². The van der Waals surface area contributed by atoms with Gasteiger partial charge in [-0.05, 0) is 44.3 Å². The number of aliphatic hydroxyl groups is 1. The summed E-state index contributed by atoms with van der Waals surface area (Å²) in [6, 6.07) is 10.5. The average molecular weight is 333 g/mol. The quantitative estimate of drug-likeness (QED) is 0.806. The number of likely N-dealkylation sites (tertiary alicyclic amines) is 1. The van der Waals surface area contributed by atoms with Crippen LogP contribution in [-0.2, 0) is 0 Å². The number of hydrogen-bond donors (Lipinski definition) is 2. The van der Waals surface area contributed by atoms with Gasteiger partial charge >= 0.3 is 6.03 Å². The summed E-state index contributed by atoms with van der Waals surface area (Å²) in [5.74, 6) is 0.785. The average Bonchev–Trinajstić information content (AvgIpc) is 2.62. The second-order valence-corrected chi connectivity index (χ2v) is 6.63. The maximum atomic E-state index is 12.3. The molecule has 1 fully saturated rings. The number of likely N-dealkylation sites (N-methyl/N-ethyl adjacent to an activating group) is 1. The zero-order chi connectivity index (χ0) is 17.4. The van der Waals surface area contributed by atoms with E-state index in [2.05, 4.69) is 41.4 Å². The molecule has 0 saturated carbocycles. The number of hydrogen-bond acceptors (Lipinski definition) is 3. The van der Waals surface area contributed by atoms with E-state index in [1.54, 1.807) is 4.90 Å². The van der Waals surface area contributed by atoms with Crippen LogP contribution in [0.3, 0.4) is 0 Å². The Morgan fingerprint density at radius 3 is 2.58 bits per heavy atom. The first-order valence-electron chi connectivity index (χ1n) is 9.08. The van der Waals surface area contributed by atoms with Crippen LogP contribution in [0.4, 0.5) is 4.79 Å². The maximum Gasteiger partial charge on any atom is 0.317 e. The number of aliphatic hydroxyl groups excluding tert-OH is 1. The van der Waals surface area contributed by atoms with Crippen molar-refractivity contribution in [1.82, 2.24) is 15.1 Å². The van der Waals surface area contributed by atoms with Gasteiger partial charge in [0.25, 0.3) is 0 Å². The van der Waals surface area contributed by atoms with Crippen LogP contribution in [0.2, 0.25) is 0 Å². The molecule has 5 nitrogen and oxygen atoms in total. The molecule has 1 heterocycles. The Hall–Kier alpha value is -1.59. The van der Waals surface area contributed by atoms with Crippen LogP contribution >= 0.6 is 0 Å². The number of nitrogens with zero attached hydrogens (tertiary/aromatic N) is 2. The Morgan fingerprint density at radius 2 is 2.00 bits per heavy atom. The Bertz CT molecular complexity index is 487. The molecule has 1 saturated heterocycles. The van der Waals surface area contributed by atoms with Crippen LogP contribution in [0.25, 0.3) is 0 Å². The van der Waals surface area contributed by atoms with E-state index in [9.17, 15) is 4.79 Å². The van der Waals surface area contributed by atoms with Gasteiger partial charge in [0.2, 0.25) is 0 Å². The third-order valence-corrected chi connectivity index (χ3v) is 4.93. The van der Waals surface area contributed by atoms with Crippen molar-refractivity contribution in [3.63, 3.8) is 0 Å². The van der Waals surface area contributed by atoms with Crippen molar-refractivity contribution in [2.45, 2.75) is 32.7 Å². The van der Waals surface area contributed by atoms with Crippen molar-refractivity contribution in [3.8, 4) is 0 Å². The van der Waals surface area contributed by atoms with Crippen LogP contribution in [0.1, 0.15) is 38.3 Å². The summed E-state index contributed by atoms with van der Waals surface area (Å²) in [7, 11) is 0. The predicted molar refractivity (Wildman–Crippen MR) is 96.9 cm³/mol. The van der Waals surface area contributed by atoms with Crippen LogP contribution in [0.5, 0.6) is 0 Å². The Labute approximate surface area is 145 Å². The van der Waals surface area contributed by atoms with Gasteiger partial charge in [-0.25, -0.2) is 4.79 Å². The summed E-state index contributed by atoms with van der Waals surface area (Å²) in [6.07, 6.45) is 2.42. The van der Waals surface area contributed by atoms with Gasteiger partial charge in [-0.2, -0.15) is 0 Å². The predicted octanol–water partition coefficient (Wildman–Crippen LogP) is 2.48. The number of nitrogens with one attached hydrogen (secondary N) is 1. The zero-order valence-corrected chi connectivity index (χ0v) is 14.9. The van der Waals surface area contributed by atoms with Gasteiger partial charge in [-0.3, -0.25) is 4.90 Å². The van der Waals surface area contributed by atoms with Crippen LogP contribution < -0.4 is 5.32 Å². The standard InChI is InChI=1S/C19H31N3O2/c1-3-21(13-14-23)19(24)20-15-18(17-7-5-4-6-8-17)22-11-9-16(2)10-12-22/h4-8,16,18,23H,3,9-15H2,1-2H3,(H,20,24). The number of piperidine rings is 1. The first-order valence-corrected chi connectivity index (χ1v) is 9.08. The molecule has 2 rings (SSSR count). The highest BCUT2D eigenvalue weighted by Crippen LogP contribution is 2.26. The van der Waals surface area contributed by atoms with E-state index in [0.29, 0.717) is 19.6 Å². The molecule has 5 heteroatoms. The van der Waals surface area contributed by atoms with E-state index in [0.717, 1.165) is 19.0 Å². The topological polar surface area (TPSA) is 55.8 Å².